The maximum atomic E-state index is 4.06. The average Bonchev–Trinajstić information content (AvgIpc) is 2.45. The Hall–Kier alpha value is -2.56. The molecule has 2 aromatic rings. The van der Waals surface area contributed by atoms with Gasteiger partial charge in [0.1, 0.15) is 0 Å². The third kappa shape index (κ3) is 3.99. The first-order valence-electron chi connectivity index (χ1n) is 5.87. The molecule has 1 aromatic carbocycles. The van der Waals surface area contributed by atoms with Gasteiger partial charge in [0.05, 0.1) is 12.4 Å². The lowest BCUT2D eigenvalue weighted by Gasteiger charge is -2.11. The molecule has 0 N–H and O–H groups in total. The van der Waals surface area contributed by atoms with E-state index in [-0.39, 0.29) is 0 Å². The van der Waals surface area contributed by atoms with E-state index in [0.29, 0.717) is 5.95 Å². The van der Waals surface area contributed by atoms with E-state index in [9.17, 15) is 0 Å². The average molecular weight is 253 g/mol. The summed E-state index contributed by atoms with van der Waals surface area (Å²) in [7, 11) is 4.04. The van der Waals surface area contributed by atoms with Crippen LogP contribution in [0.5, 0.6) is 0 Å². The standard InChI is InChI=1S/C14H15N5/c1-19(2)13-7-5-12(6-8-13)4-3-9-15-14-16-10-11-17-18-14/h3-11H,1-2H3/b4-3+,15-9+. The van der Waals surface area contributed by atoms with Crippen molar-refractivity contribution in [2.45, 2.75) is 0 Å². The molecule has 19 heavy (non-hydrogen) atoms. The maximum Gasteiger partial charge on any atom is 0.268 e. The molecule has 0 fully saturated rings. The number of hydrogen-bond donors (Lipinski definition) is 0. The minimum Gasteiger partial charge on any atom is -0.378 e. The van der Waals surface area contributed by atoms with Crippen LogP contribution in [0.25, 0.3) is 6.08 Å². The SMILES string of the molecule is CN(C)c1ccc(/C=C/C=N/c2nccnn2)cc1. The molecule has 0 bridgehead atoms. The highest BCUT2D eigenvalue weighted by Crippen LogP contribution is 2.12. The molecule has 0 amide bonds. The number of hydrogen-bond acceptors (Lipinski definition) is 5. The van der Waals surface area contributed by atoms with Gasteiger partial charge in [-0.25, -0.2) is 9.98 Å². The summed E-state index contributed by atoms with van der Waals surface area (Å²) in [6, 6.07) is 8.25. The fraction of sp³-hybridized carbons (Fsp3) is 0.143. The first-order chi connectivity index (χ1) is 9.25. The lowest BCUT2D eigenvalue weighted by molar-refractivity contribution is 0.965. The van der Waals surface area contributed by atoms with E-state index in [1.807, 2.05) is 26.2 Å². The fourth-order valence-electron chi connectivity index (χ4n) is 1.45. The van der Waals surface area contributed by atoms with Crippen molar-refractivity contribution >= 4 is 23.9 Å². The second-order valence-corrected chi connectivity index (χ2v) is 4.07. The van der Waals surface area contributed by atoms with Crippen LogP contribution in [0.4, 0.5) is 11.6 Å². The molecule has 1 heterocycles. The molecule has 0 aliphatic rings. The Kier molecular flexibility index (Phi) is 4.34. The van der Waals surface area contributed by atoms with Gasteiger partial charge in [-0.15, -0.1) is 5.10 Å². The second kappa shape index (κ2) is 6.39. The van der Waals surface area contributed by atoms with Crippen LogP contribution in [0.2, 0.25) is 0 Å². The number of nitrogens with zero attached hydrogens (tertiary/aromatic N) is 5. The number of anilines is 1. The maximum absolute atomic E-state index is 4.06. The first-order valence-corrected chi connectivity index (χ1v) is 5.87. The molecule has 5 nitrogen and oxygen atoms in total. The molecular weight excluding hydrogens is 238 g/mol. The zero-order valence-electron chi connectivity index (χ0n) is 10.9. The van der Waals surface area contributed by atoms with Gasteiger partial charge in [0.2, 0.25) is 0 Å². The van der Waals surface area contributed by atoms with Gasteiger partial charge in [-0.05, 0) is 23.8 Å². The molecule has 0 saturated carbocycles. The van der Waals surface area contributed by atoms with Crippen LogP contribution in [-0.2, 0) is 0 Å². The summed E-state index contributed by atoms with van der Waals surface area (Å²) in [6.45, 7) is 0. The van der Waals surface area contributed by atoms with Crippen molar-refractivity contribution in [3.05, 3.63) is 48.3 Å². The largest absolute Gasteiger partial charge is 0.378 e. The third-order valence-electron chi connectivity index (χ3n) is 2.44. The Labute approximate surface area is 112 Å². The smallest absolute Gasteiger partial charge is 0.268 e. The monoisotopic (exact) mass is 253 g/mol. The molecule has 2 rings (SSSR count). The van der Waals surface area contributed by atoms with Gasteiger partial charge >= 0.3 is 0 Å². The molecule has 0 aliphatic heterocycles. The van der Waals surface area contributed by atoms with Crippen molar-refractivity contribution in [2.24, 2.45) is 4.99 Å². The van der Waals surface area contributed by atoms with Crippen LogP contribution in [0, 0.1) is 0 Å². The van der Waals surface area contributed by atoms with Gasteiger partial charge in [0.15, 0.2) is 0 Å². The second-order valence-electron chi connectivity index (χ2n) is 4.07. The Morgan fingerprint density at radius 2 is 1.89 bits per heavy atom. The first kappa shape index (κ1) is 12.9. The van der Waals surface area contributed by atoms with Crippen molar-refractivity contribution in [3.8, 4) is 0 Å². The summed E-state index contributed by atoms with van der Waals surface area (Å²) in [4.78, 5) is 10.1. The lowest BCUT2D eigenvalue weighted by Crippen LogP contribution is -2.07. The zero-order chi connectivity index (χ0) is 13.5. The molecule has 0 saturated heterocycles. The van der Waals surface area contributed by atoms with E-state index in [0.717, 1.165) is 5.56 Å². The lowest BCUT2D eigenvalue weighted by atomic mass is 10.2. The van der Waals surface area contributed by atoms with Crippen molar-refractivity contribution in [2.75, 3.05) is 19.0 Å². The Morgan fingerprint density at radius 3 is 2.53 bits per heavy atom. The van der Waals surface area contributed by atoms with Gasteiger partial charge in [-0.3, -0.25) is 0 Å². The summed E-state index contributed by atoms with van der Waals surface area (Å²) in [6.07, 6.45) is 8.54. The number of rotatable bonds is 4. The summed E-state index contributed by atoms with van der Waals surface area (Å²) < 4.78 is 0. The van der Waals surface area contributed by atoms with Crippen LogP contribution < -0.4 is 4.90 Å². The van der Waals surface area contributed by atoms with E-state index in [4.69, 9.17) is 0 Å². The minimum absolute atomic E-state index is 0.357. The molecule has 0 spiro atoms. The number of aliphatic imine (C=N–C) groups is 1. The quantitative estimate of drug-likeness (QED) is 0.785. The van der Waals surface area contributed by atoms with Gasteiger partial charge in [0, 0.05) is 26.0 Å². The topological polar surface area (TPSA) is 54.3 Å². The van der Waals surface area contributed by atoms with Gasteiger partial charge < -0.3 is 4.90 Å². The van der Waals surface area contributed by atoms with Crippen LogP contribution in [0.15, 0.2) is 47.7 Å². The Morgan fingerprint density at radius 1 is 1.11 bits per heavy atom. The molecule has 0 atom stereocenters. The molecule has 1 aromatic heterocycles. The molecule has 0 aliphatic carbocycles. The highest BCUT2D eigenvalue weighted by Gasteiger charge is 1.92. The van der Waals surface area contributed by atoms with Crippen LogP contribution in [-0.4, -0.2) is 35.5 Å². The number of benzene rings is 1. The summed E-state index contributed by atoms with van der Waals surface area (Å²) in [5, 5.41) is 7.45. The summed E-state index contributed by atoms with van der Waals surface area (Å²) >= 11 is 0. The summed E-state index contributed by atoms with van der Waals surface area (Å²) in [5.41, 5.74) is 2.29. The predicted octanol–water partition coefficient (Wildman–Crippen LogP) is 2.35. The normalized spacial score (nSPS) is 11.3. The zero-order valence-corrected chi connectivity index (χ0v) is 10.9. The van der Waals surface area contributed by atoms with E-state index in [2.05, 4.69) is 49.3 Å². The van der Waals surface area contributed by atoms with Gasteiger partial charge in [0.25, 0.3) is 5.95 Å². The summed E-state index contributed by atoms with van der Waals surface area (Å²) in [5.74, 6) is 0.357. The number of allylic oxidation sites excluding steroid dienone is 1. The van der Waals surface area contributed by atoms with E-state index in [1.165, 1.54) is 11.9 Å². The predicted molar refractivity (Wildman–Crippen MR) is 77.8 cm³/mol. The van der Waals surface area contributed by atoms with Crippen molar-refractivity contribution in [1.82, 2.24) is 15.2 Å². The molecule has 96 valence electrons. The minimum atomic E-state index is 0.357. The van der Waals surface area contributed by atoms with Crippen LogP contribution in [0.1, 0.15) is 5.56 Å². The third-order valence-corrected chi connectivity index (χ3v) is 2.44. The van der Waals surface area contributed by atoms with E-state index < -0.39 is 0 Å². The molecular formula is C14H15N5. The van der Waals surface area contributed by atoms with Gasteiger partial charge in [-0.2, -0.15) is 5.10 Å². The molecule has 0 unspecified atom stereocenters. The van der Waals surface area contributed by atoms with Crippen molar-refractivity contribution in [1.29, 1.82) is 0 Å². The highest BCUT2D eigenvalue weighted by molar-refractivity contribution is 5.79. The van der Waals surface area contributed by atoms with Crippen LogP contribution >= 0.6 is 0 Å². The molecule has 5 heteroatoms. The Balaban J connectivity index is 1.97. The van der Waals surface area contributed by atoms with E-state index >= 15 is 0 Å². The molecule has 0 radical (unpaired) electrons. The van der Waals surface area contributed by atoms with Crippen LogP contribution in [0.3, 0.4) is 0 Å². The fourth-order valence-corrected chi connectivity index (χ4v) is 1.45. The van der Waals surface area contributed by atoms with Crippen molar-refractivity contribution in [3.63, 3.8) is 0 Å². The van der Waals surface area contributed by atoms with Gasteiger partial charge in [-0.1, -0.05) is 18.2 Å². The van der Waals surface area contributed by atoms with E-state index in [1.54, 1.807) is 12.4 Å². The van der Waals surface area contributed by atoms with Crippen molar-refractivity contribution < 1.29 is 0 Å². The highest BCUT2D eigenvalue weighted by atomic mass is 15.2. The number of aromatic nitrogens is 3. The Bertz CT molecular complexity index is 558.